The average molecular weight is 320 g/mol. The molecular formula is C17H21FN2O3. The van der Waals surface area contributed by atoms with Gasteiger partial charge in [-0.15, -0.1) is 0 Å². The number of carbonyl (C=O) groups is 2. The molecule has 6 heteroatoms. The molecule has 5 nitrogen and oxygen atoms in total. The lowest BCUT2D eigenvalue weighted by Gasteiger charge is -2.30. The number of nitrogens with zero attached hydrogens (tertiary/aromatic N) is 1. The second-order valence-corrected chi connectivity index (χ2v) is 5.35. The number of halogens is 1. The van der Waals surface area contributed by atoms with Crippen molar-refractivity contribution >= 4 is 18.1 Å². The van der Waals surface area contributed by atoms with Gasteiger partial charge in [0.05, 0.1) is 12.5 Å². The number of rotatable bonds is 4. The molecule has 1 fully saturated rings. The number of urea groups is 1. The third-order valence-corrected chi connectivity index (χ3v) is 3.75. The van der Waals surface area contributed by atoms with Crippen LogP contribution in [0, 0.1) is 11.7 Å². The van der Waals surface area contributed by atoms with E-state index in [9.17, 15) is 14.0 Å². The standard InChI is InChI=1S/C17H21FN2O3/c1-2-23-16(21)14-8-11-20(12-9-14)17(22)19-10-7-13-3-5-15(18)6-4-13/h3-7,10,14H,2,8-9,11-12H2,1H3,(H,19,22)/b10-7+. The number of esters is 1. The van der Waals surface area contributed by atoms with E-state index in [0.717, 1.165) is 5.56 Å². The SMILES string of the molecule is CCOC(=O)C1CCN(C(=O)N/C=C/c2ccc(F)cc2)CC1. The van der Waals surface area contributed by atoms with E-state index in [4.69, 9.17) is 4.74 Å². The maximum Gasteiger partial charge on any atom is 0.321 e. The molecule has 124 valence electrons. The highest BCUT2D eigenvalue weighted by Crippen LogP contribution is 2.18. The summed E-state index contributed by atoms with van der Waals surface area (Å²) in [5.41, 5.74) is 0.799. The van der Waals surface area contributed by atoms with Crippen LogP contribution in [0.4, 0.5) is 9.18 Å². The van der Waals surface area contributed by atoms with Crippen LogP contribution < -0.4 is 5.32 Å². The predicted molar refractivity (Wildman–Crippen MR) is 84.9 cm³/mol. The summed E-state index contributed by atoms with van der Waals surface area (Å²) in [6.45, 7) is 3.22. The first-order chi connectivity index (χ1) is 11.1. The summed E-state index contributed by atoms with van der Waals surface area (Å²) in [6.07, 6.45) is 4.47. The maximum atomic E-state index is 12.8. The van der Waals surface area contributed by atoms with Gasteiger partial charge in [0.2, 0.25) is 0 Å². The zero-order valence-electron chi connectivity index (χ0n) is 13.1. The molecule has 0 aromatic heterocycles. The highest BCUT2D eigenvalue weighted by Gasteiger charge is 2.27. The van der Waals surface area contributed by atoms with E-state index in [2.05, 4.69) is 5.32 Å². The Kier molecular flexibility index (Phi) is 6.14. The molecule has 0 radical (unpaired) electrons. The van der Waals surface area contributed by atoms with Crippen LogP contribution in [0.1, 0.15) is 25.3 Å². The Labute approximate surface area is 135 Å². The van der Waals surface area contributed by atoms with Gasteiger partial charge in [0.1, 0.15) is 5.82 Å². The number of hydrogen-bond donors (Lipinski definition) is 1. The van der Waals surface area contributed by atoms with Crippen LogP contribution in [0.2, 0.25) is 0 Å². The van der Waals surface area contributed by atoms with E-state index in [1.807, 2.05) is 0 Å². The lowest BCUT2D eigenvalue weighted by atomic mass is 9.97. The Morgan fingerprint density at radius 2 is 1.96 bits per heavy atom. The molecule has 1 saturated heterocycles. The van der Waals surface area contributed by atoms with Crippen LogP contribution in [0.5, 0.6) is 0 Å². The fraction of sp³-hybridized carbons (Fsp3) is 0.412. The molecule has 23 heavy (non-hydrogen) atoms. The zero-order valence-corrected chi connectivity index (χ0v) is 13.1. The lowest BCUT2D eigenvalue weighted by Crippen LogP contribution is -2.44. The van der Waals surface area contributed by atoms with Gasteiger partial charge < -0.3 is 15.0 Å². The number of ether oxygens (including phenoxy) is 1. The quantitative estimate of drug-likeness (QED) is 0.868. The van der Waals surface area contributed by atoms with Crippen molar-refractivity contribution in [2.75, 3.05) is 19.7 Å². The monoisotopic (exact) mass is 320 g/mol. The smallest absolute Gasteiger partial charge is 0.321 e. The highest BCUT2D eigenvalue weighted by molar-refractivity contribution is 5.77. The Hall–Kier alpha value is -2.37. The summed E-state index contributed by atoms with van der Waals surface area (Å²) >= 11 is 0. The van der Waals surface area contributed by atoms with Crippen molar-refractivity contribution in [2.24, 2.45) is 5.92 Å². The fourth-order valence-electron chi connectivity index (χ4n) is 2.45. The minimum Gasteiger partial charge on any atom is -0.466 e. The fourth-order valence-corrected chi connectivity index (χ4v) is 2.45. The van der Waals surface area contributed by atoms with E-state index in [0.29, 0.717) is 32.5 Å². The summed E-state index contributed by atoms with van der Waals surface area (Å²) in [5, 5.41) is 2.68. The summed E-state index contributed by atoms with van der Waals surface area (Å²) in [6, 6.07) is 5.78. The first-order valence-electron chi connectivity index (χ1n) is 7.74. The van der Waals surface area contributed by atoms with Crippen molar-refractivity contribution in [3.8, 4) is 0 Å². The minimum absolute atomic E-state index is 0.117. The van der Waals surface area contributed by atoms with E-state index < -0.39 is 0 Å². The molecule has 1 N–H and O–H groups in total. The number of piperidine rings is 1. The van der Waals surface area contributed by atoms with Crippen molar-refractivity contribution in [3.05, 3.63) is 41.8 Å². The van der Waals surface area contributed by atoms with Gasteiger partial charge in [0.15, 0.2) is 0 Å². The minimum atomic E-state index is -0.296. The van der Waals surface area contributed by atoms with Crippen molar-refractivity contribution in [2.45, 2.75) is 19.8 Å². The lowest BCUT2D eigenvalue weighted by molar-refractivity contribution is -0.149. The van der Waals surface area contributed by atoms with E-state index in [1.54, 1.807) is 30.0 Å². The van der Waals surface area contributed by atoms with E-state index >= 15 is 0 Å². The van der Waals surface area contributed by atoms with Crippen molar-refractivity contribution in [1.29, 1.82) is 0 Å². The maximum absolute atomic E-state index is 12.8. The first-order valence-corrected chi connectivity index (χ1v) is 7.74. The summed E-state index contributed by atoms with van der Waals surface area (Å²) in [4.78, 5) is 25.4. The first kappa shape index (κ1) is 17.0. The number of likely N-dealkylation sites (tertiary alicyclic amines) is 1. The van der Waals surface area contributed by atoms with Gasteiger partial charge in [-0.1, -0.05) is 12.1 Å². The molecule has 0 aliphatic carbocycles. The molecule has 0 atom stereocenters. The molecule has 2 rings (SSSR count). The molecule has 2 amide bonds. The Morgan fingerprint density at radius 1 is 1.30 bits per heavy atom. The molecule has 0 spiro atoms. The van der Waals surface area contributed by atoms with Crippen LogP contribution >= 0.6 is 0 Å². The number of benzene rings is 1. The number of nitrogens with one attached hydrogen (secondary N) is 1. The van der Waals surface area contributed by atoms with E-state index in [1.165, 1.54) is 18.3 Å². The molecule has 1 aliphatic rings. The predicted octanol–water partition coefficient (Wildman–Crippen LogP) is 2.78. The van der Waals surface area contributed by atoms with Crippen molar-refractivity contribution < 1.29 is 18.7 Å². The number of amides is 2. The van der Waals surface area contributed by atoms with Gasteiger partial charge >= 0.3 is 12.0 Å². The second-order valence-electron chi connectivity index (χ2n) is 5.35. The van der Waals surface area contributed by atoms with Gasteiger partial charge in [-0.05, 0) is 43.5 Å². The van der Waals surface area contributed by atoms with Crippen LogP contribution in [0.25, 0.3) is 6.08 Å². The topological polar surface area (TPSA) is 58.6 Å². The van der Waals surface area contributed by atoms with Crippen LogP contribution in [-0.4, -0.2) is 36.6 Å². The largest absolute Gasteiger partial charge is 0.466 e. The average Bonchev–Trinajstić information content (AvgIpc) is 2.57. The van der Waals surface area contributed by atoms with Crippen LogP contribution in [0.3, 0.4) is 0 Å². The molecule has 1 aliphatic heterocycles. The Morgan fingerprint density at radius 3 is 2.57 bits per heavy atom. The molecule has 0 saturated carbocycles. The zero-order chi connectivity index (χ0) is 16.7. The van der Waals surface area contributed by atoms with Gasteiger partial charge in [-0.3, -0.25) is 4.79 Å². The van der Waals surface area contributed by atoms with Crippen LogP contribution in [-0.2, 0) is 9.53 Å². The molecule has 0 bridgehead atoms. The molecule has 1 aromatic carbocycles. The third kappa shape index (κ3) is 5.09. The third-order valence-electron chi connectivity index (χ3n) is 3.75. The van der Waals surface area contributed by atoms with Gasteiger partial charge in [-0.2, -0.15) is 0 Å². The summed E-state index contributed by atoms with van der Waals surface area (Å²) in [7, 11) is 0. The molecule has 1 heterocycles. The molecule has 1 aromatic rings. The number of hydrogen-bond acceptors (Lipinski definition) is 3. The summed E-state index contributed by atoms with van der Waals surface area (Å²) in [5.74, 6) is -0.590. The van der Waals surface area contributed by atoms with Gasteiger partial charge in [0.25, 0.3) is 0 Å². The van der Waals surface area contributed by atoms with Crippen LogP contribution in [0.15, 0.2) is 30.5 Å². The van der Waals surface area contributed by atoms with Crippen molar-refractivity contribution in [1.82, 2.24) is 10.2 Å². The van der Waals surface area contributed by atoms with Gasteiger partial charge in [-0.25, -0.2) is 9.18 Å². The number of carbonyl (C=O) groups excluding carboxylic acids is 2. The van der Waals surface area contributed by atoms with Gasteiger partial charge in [0, 0.05) is 19.3 Å². The second kappa shape index (κ2) is 8.31. The highest BCUT2D eigenvalue weighted by atomic mass is 19.1. The Balaban J connectivity index is 1.76. The summed E-state index contributed by atoms with van der Waals surface area (Å²) < 4.78 is 17.8. The Bertz CT molecular complexity index is 564. The molecular weight excluding hydrogens is 299 g/mol. The van der Waals surface area contributed by atoms with E-state index in [-0.39, 0.29) is 23.7 Å². The molecule has 0 unspecified atom stereocenters. The van der Waals surface area contributed by atoms with Crippen molar-refractivity contribution in [3.63, 3.8) is 0 Å². The normalized spacial score (nSPS) is 15.7.